The first kappa shape index (κ1) is 12.5. The second-order valence-electron chi connectivity index (χ2n) is 3.65. The highest BCUT2D eigenvalue weighted by atomic mass is 16.5. The molecule has 96 valence electrons. The lowest BCUT2D eigenvalue weighted by Crippen LogP contribution is -1.98. The molecule has 0 aliphatic carbocycles. The van der Waals surface area contributed by atoms with Gasteiger partial charge in [-0.2, -0.15) is 4.98 Å². The number of rotatable bonds is 6. The number of aromatic nitrogens is 2. The molecule has 2 rings (SSSR count). The summed E-state index contributed by atoms with van der Waals surface area (Å²) in [6.45, 7) is 0.993. The van der Waals surface area contributed by atoms with Crippen molar-refractivity contribution in [2.75, 3.05) is 7.11 Å². The van der Waals surface area contributed by atoms with Crippen LogP contribution in [0.25, 0.3) is 0 Å². The van der Waals surface area contributed by atoms with E-state index in [0.717, 1.165) is 11.3 Å². The van der Waals surface area contributed by atoms with Crippen molar-refractivity contribution in [2.24, 2.45) is 5.73 Å². The molecule has 1 heterocycles. The Morgan fingerprint density at radius 1 is 1.33 bits per heavy atom. The van der Waals surface area contributed by atoms with Crippen LogP contribution in [-0.4, -0.2) is 17.3 Å². The van der Waals surface area contributed by atoms with Gasteiger partial charge in [-0.3, -0.25) is 0 Å². The molecular formula is C12H15N3O3. The lowest BCUT2D eigenvalue weighted by molar-refractivity contribution is 0.0998. The number of ether oxygens (including phenoxy) is 2. The Morgan fingerprint density at radius 2 is 2.22 bits per heavy atom. The molecule has 2 aromatic rings. The Balaban J connectivity index is 1.84. The summed E-state index contributed by atoms with van der Waals surface area (Å²) in [5.74, 6) is 1.72. The number of benzene rings is 1. The minimum Gasteiger partial charge on any atom is -0.497 e. The number of hydrogen-bond donors (Lipinski definition) is 1. The Hall–Kier alpha value is -1.92. The molecule has 0 spiro atoms. The molecule has 0 radical (unpaired) electrons. The van der Waals surface area contributed by atoms with Gasteiger partial charge in [0.05, 0.1) is 20.3 Å². The normalized spacial score (nSPS) is 10.6. The maximum absolute atomic E-state index is 5.48. The van der Waals surface area contributed by atoms with Crippen molar-refractivity contribution < 1.29 is 14.0 Å². The highest BCUT2D eigenvalue weighted by molar-refractivity contribution is 5.27. The van der Waals surface area contributed by atoms with E-state index in [4.69, 9.17) is 19.7 Å². The Labute approximate surface area is 105 Å². The molecular weight excluding hydrogens is 234 g/mol. The Bertz CT molecular complexity index is 499. The van der Waals surface area contributed by atoms with Gasteiger partial charge in [0, 0.05) is 0 Å². The Kier molecular flexibility index (Phi) is 4.27. The largest absolute Gasteiger partial charge is 0.497 e. The summed E-state index contributed by atoms with van der Waals surface area (Å²) in [6, 6.07) is 7.68. The first-order valence-electron chi connectivity index (χ1n) is 5.54. The number of nitrogens with two attached hydrogens (primary N) is 1. The summed E-state index contributed by atoms with van der Waals surface area (Å²) in [5, 5.41) is 3.74. The predicted octanol–water partition coefficient (Wildman–Crippen LogP) is 1.25. The summed E-state index contributed by atoms with van der Waals surface area (Å²) in [4.78, 5) is 4.04. The monoisotopic (exact) mass is 249 g/mol. The van der Waals surface area contributed by atoms with Crippen LogP contribution >= 0.6 is 0 Å². The van der Waals surface area contributed by atoms with Crippen molar-refractivity contribution in [3.8, 4) is 5.75 Å². The van der Waals surface area contributed by atoms with Crippen LogP contribution in [-0.2, 0) is 24.5 Å². The fourth-order valence-electron chi connectivity index (χ4n) is 1.45. The zero-order valence-corrected chi connectivity index (χ0v) is 10.1. The van der Waals surface area contributed by atoms with Crippen molar-refractivity contribution >= 4 is 0 Å². The highest BCUT2D eigenvalue weighted by Crippen LogP contribution is 2.13. The molecule has 0 atom stereocenters. The maximum Gasteiger partial charge on any atom is 0.240 e. The molecule has 0 aliphatic heterocycles. The van der Waals surface area contributed by atoms with Crippen LogP contribution in [0.4, 0.5) is 0 Å². The average molecular weight is 249 g/mol. The average Bonchev–Trinajstić information content (AvgIpc) is 2.87. The summed E-state index contributed by atoms with van der Waals surface area (Å²) in [7, 11) is 1.63. The number of methoxy groups -OCH3 is 1. The minimum atomic E-state index is 0.239. The second-order valence-corrected chi connectivity index (χ2v) is 3.65. The summed E-state index contributed by atoms with van der Waals surface area (Å²) in [5.41, 5.74) is 6.39. The number of nitrogens with zero attached hydrogens (tertiary/aromatic N) is 2. The quantitative estimate of drug-likeness (QED) is 0.829. The van der Waals surface area contributed by atoms with Crippen molar-refractivity contribution in [2.45, 2.75) is 19.8 Å². The molecule has 6 heteroatoms. The lowest BCUT2D eigenvalue weighted by Gasteiger charge is -2.04. The first-order valence-corrected chi connectivity index (χ1v) is 5.54. The third kappa shape index (κ3) is 3.28. The SMILES string of the molecule is COc1cccc(COCc2noc(CN)n2)c1. The predicted molar refractivity (Wildman–Crippen MR) is 63.7 cm³/mol. The highest BCUT2D eigenvalue weighted by Gasteiger charge is 2.04. The molecule has 0 saturated heterocycles. The molecule has 0 aliphatic rings. The van der Waals surface area contributed by atoms with Crippen molar-refractivity contribution in [3.63, 3.8) is 0 Å². The van der Waals surface area contributed by atoms with Gasteiger partial charge in [-0.1, -0.05) is 17.3 Å². The smallest absolute Gasteiger partial charge is 0.240 e. The maximum atomic E-state index is 5.48. The zero-order valence-electron chi connectivity index (χ0n) is 10.1. The zero-order chi connectivity index (χ0) is 12.8. The van der Waals surface area contributed by atoms with Gasteiger partial charge in [-0.05, 0) is 17.7 Å². The molecule has 0 amide bonds. The minimum absolute atomic E-state index is 0.239. The van der Waals surface area contributed by atoms with Gasteiger partial charge >= 0.3 is 0 Å². The van der Waals surface area contributed by atoms with E-state index < -0.39 is 0 Å². The fourth-order valence-corrected chi connectivity index (χ4v) is 1.45. The Morgan fingerprint density at radius 3 is 2.94 bits per heavy atom. The van der Waals surface area contributed by atoms with Gasteiger partial charge in [-0.25, -0.2) is 0 Å². The van der Waals surface area contributed by atoms with Gasteiger partial charge in [0.2, 0.25) is 5.89 Å². The van der Waals surface area contributed by atoms with Gasteiger partial charge in [0.1, 0.15) is 12.4 Å². The van der Waals surface area contributed by atoms with Crippen LogP contribution in [0.2, 0.25) is 0 Å². The van der Waals surface area contributed by atoms with Crippen LogP contribution in [0, 0.1) is 0 Å². The summed E-state index contributed by atoms with van der Waals surface area (Å²) < 4.78 is 15.5. The lowest BCUT2D eigenvalue weighted by atomic mass is 10.2. The molecule has 0 fully saturated rings. The van der Waals surface area contributed by atoms with Crippen molar-refractivity contribution in [1.29, 1.82) is 0 Å². The van der Waals surface area contributed by atoms with E-state index in [1.54, 1.807) is 7.11 Å². The molecule has 0 bridgehead atoms. The molecule has 0 saturated carbocycles. The van der Waals surface area contributed by atoms with E-state index in [9.17, 15) is 0 Å². The van der Waals surface area contributed by atoms with Crippen LogP contribution in [0.15, 0.2) is 28.8 Å². The fraction of sp³-hybridized carbons (Fsp3) is 0.333. The molecule has 1 aromatic carbocycles. The van der Waals surface area contributed by atoms with Crippen LogP contribution in [0.3, 0.4) is 0 Å². The van der Waals surface area contributed by atoms with Gasteiger partial charge < -0.3 is 19.7 Å². The van der Waals surface area contributed by atoms with Gasteiger partial charge in [0.25, 0.3) is 0 Å². The van der Waals surface area contributed by atoms with E-state index in [-0.39, 0.29) is 6.54 Å². The molecule has 1 aromatic heterocycles. The molecule has 6 nitrogen and oxygen atoms in total. The third-order valence-corrected chi connectivity index (χ3v) is 2.32. The molecule has 0 unspecified atom stereocenters. The standard InChI is InChI=1S/C12H15N3O3/c1-16-10-4-2-3-9(5-10)7-17-8-11-14-12(6-13)18-15-11/h2-5H,6-8,13H2,1H3. The van der Waals surface area contributed by atoms with Gasteiger partial charge in [0.15, 0.2) is 5.82 Å². The number of hydrogen-bond acceptors (Lipinski definition) is 6. The summed E-state index contributed by atoms with van der Waals surface area (Å²) >= 11 is 0. The van der Waals surface area contributed by atoms with Crippen molar-refractivity contribution in [1.82, 2.24) is 10.1 Å². The van der Waals surface area contributed by atoms with E-state index in [1.807, 2.05) is 24.3 Å². The topological polar surface area (TPSA) is 83.4 Å². The van der Waals surface area contributed by atoms with Crippen molar-refractivity contribution in [3.05, 3.63) is 41.5 Å². The van der Waals surface area contributed by atoms with Gasteiger partial charge in [-0.15, -0.1) is 0 Å². The molecule has 2 N–H and O–H groups in total. The summed E-state index contributed by atoms with van der Waals surface area (Å²) in [6.07, 6.45) is 0. The van der Waals surface area contributed by atoms with Crippen LogP contribution in [0.1, 0.15) is 17.3 Å². The second kappa shape index (κ2) is 6.13. The molecule has 18 heavy (non-hydrogen) atoms. The van der Waals surface area contributed by atoms with E-state index >= 15 is 0 Å². The van der Waals surface area contributed by atoms with E-state index in [0.29, 0.717) is 24.9 Å². The van der Waals surface area contributed by atoms with Crippen LogP contribution < -0.4 is 10.5 Å². The third-order valence-electron chi connectivity index (χ3n) is 2.32. The van der Waals surface area contributed by atoms with Crippen LogP contribution in [0.5, 0.6) is 5.75 Å². The first-order chi connectivity index (χ1) is 8.81. The van der Waals surface area contributed by atoms with E-state index in [2.05, 4.69) is 10.1 Å². The van der Waals surface area contributed by atoms with E-state index in [1.165, 1.54) is 0 Å².